The molecule has 1 aliphatic carbocycles. The van der Waals surface area contributed by atoms with E-state index < -0.39 is 0 Å². The standard InChI is InChI=1S/C52H31N3/c1-3-11-33(12-4-1)47-38-15-7-8-16-39(38)48(34-13-5-2-6-14-34)51-43-25-24-36(37-17-9-18-42(49(37)43)50(47)51)32-20-22-35(23-21-32)55-46-28-30-53-31-44(46)40-26-27-45-41(52(40)55)19-10-29-54-45/h1-31H. The first-order valence-corrected chi connectivity index (χ1v) is 18.8. The molecule has 0 radical (unpaired) electrons. The number of fused-ring (bicyclic) bond motifs is 9. The Morgan fingerprint density at radius 2 is 1.00 bits per heavy atom. The van der Waals surface area contributed by atoms with Crippen molar-refractivity contribution in [1.29, 1.82) is 0 Å². The summed E-state index contributed by atoms with van der Waals surface area (Å²) in [6.45, 7) is 0. The van der Waals surface area contributed by atoms with Crippen LogP contribution in [0, 0.1) is 0 Å². The lowest BCUT2D eigenvalue weighted by Gasteiger charge is -2.20. The molecule has 55 heavy (non-hydrogen) atoms. The highest BCUT2D eigenvalue weighted by atomic mass is 15.0. The van der Waals surface area contributed by atoms with E-state index in [-0.39, 0.29) is 0 Å². The first kappa shape index (κ1) is 30.1. The second-order valence-electron chi connectivity index (χ2n) is 14.5. The summed E-state index contributed by atoms with van der Waals surface area (Å²) < 4.78 is 2.37. The molecule has 0 spiro atoms. The smallest absolute Gasteiger partial charge is 0.0723 e. The first-order chi connectivity index (χ1) is 27.3. The first-order valence-electron chi connectivity index (χ1n) is 18.8. The van der Waals surface area contributed by atoms with Crippen LogP contribution < -0.4 is 0 Å². The Labute approximate surface area is 317 Å². The van der Waals surface area contributed by atoms with Crippen molar-refractivity contribution in [3.63, 3.8) is 0 Å². The monoisotopic (exact) mass is 697 g/mol. The Kier molecular flexibility index (Phi) is 6.34. The van der Waals surface area contributed by atoms with Gasteiger partial charge < -0.3 is 4.57 Å². The summed E-state index contributed by atoms with van der Waals surface area (Å²) >= 11 is 0. The molecule has 3 aromatic heterocycles. The fourth-order valence-electron chi connectivity index (χ4n) is 9.42. The van der Waals surface area contributed by atoms with Gasteiger partial charge in [-0.2, -0.15) is 0 Å². The fourth-order valence-corrected chi connectivity index (χ4v) is 9.42. The largest absolute Gasteiger partial charge is 0.308 e. The number of pyridine rings is 2. The predicted octanol–water partition coefficient (Wildman–Crippen LogP) is 13.7. The van der Waals surface area contributed by atoms with E-state index in [0.717, 1.165) is 33.0 Å². The average Bonchev–Trinajstić information content (AvgIpc) is 3.78. The lowest BCUT2D eigenvalue weighted by Crippen LogP contribution is -1.95. The molecule has 11 aromatic rings. The van der Waals surface area contributed by atoms with Crippen LogP contribution in [0.25, 0.3) is 116 Å². The molecular formula is C52H31N3. The van der Waals surface area contributed by atoms with Gasteiger partial charge in [0.15, 0.2) is 0 Å². The van der Waals surface area contributed by atoms with Crippen LogP contribution in [0.1, 0.15) is 0 Å². The highest BCUT2D eigenvalue weighted by Crippen LogP contribution is 2.58. The number of benzene rings is 8. The van der Waals surface area contributed by atoms with Crippen molar-refractivity contribution in [2.45, 2.75) is 0 Å². The Hall–Kier alpha value is -7.36. The van der Waals surface area contributed by atoms with Gasteiger partial charge in [0.25, 0.3) is 0 Å². The molecule has 0 saturated heterocycles. The van der Waals surface area contributed by atoms with Crippen molar-refractivity contribution in [2.75, 3.05) is 0 Å². The van der Waals surface area contributed by atoms with E-state index in [0.29, 0.717) is 0 Å². The van der Waals surface area contributed by atoms with Crippen molar-refractivity contribution in [2.24, 2.45) is 0 Å². The van der Waals surface area contributed by atoms with Crippen LogP contribution in [-0.2, 0) is 0 Å². The van der Waals surface area contributed by atoms with Gasteiger partial charge in [0.05, 0.1) is 16.6 Å². The molecule has 0 atom stereocenters. The van der Waals surface area contributed by atoms with Crippen molar-refractivity contribution >= 4 is 54.3 Å². The summed E-state index contributed by atoms with van der Waals surface area (Å²) in [5.74, 6) is 0. The quantitative estimate of drug-likeness (QED) is 0.183. The van der Waals surface area contributed by atoms with Gasteiger partial charge in [0.2, 0.25) is 0 Å². The van der Waals surface area contributed by atoms with Gasteiger partial charge in [-0.3, -0.25) is 9.97 Å². The van der Waals surface area contributed by atoms with Gasteiger partial charge in [-0.15, -0.1) is 0 Å². The van der Waals surface area contributed by atoms with E-state index in [1.807, 2.05) is 24.7 Å². The van der Waals surface area contributed by atoms with Crippen LogP contribution in [-0.4, -0.2) is 14.5 Å². The molecule has 8 aromatic carbocycles. The fraction of sp³-hybridized carbons (Fsp3) is 0. The van der Waals surface area contributed by atoms with Crippen LogP contribution >= 0.6 is 0 Å². The molecule has 0 amide bonds. The molecule has 0 unspecified atom stereocenters. The van der Waals surface area contributed by atoms with Gasteiger partial charge in [-0.1, -0.05) is 127 Å². The summed E-state index contributed by atoms with van der Waals surface area (Å²) in [5.41, 5.74) is 17.1. The number of hydrogen-bond donors (Lipinski definition) is 0. The summed E-state index contributed by atoms with van der Waals surface area (Å²) in [7, 11) is 0. The van der Waals surface area contributed by atoms with E-state index in [1.54, 1.807) is 0 Å². The maximum absolute atomic E-state index is 4.69. The third kappa shape index (κ3) is 4.26. The predicted molar refractivity (Wildman–Crippen MR) is 230 cm³/mol. The van der Waals surface area contributed by atoms with E-state index in [1.165, 1.54) is 82.6 Å². The third-order valence-corrected chi connectivity index (χ3v) is 11.7. The summed E-state index contributed by atoms with van der Waals surface area (Å²) in [6, 6.07) is 62.1. The number of aromatic nitrogens is 3. The van der Waals surface area contributed by atoms with Gasteiger partial charge in [0.1, 0.15) is 0 Å². The molecule has 3 nitrogen and oxygen atoms in total. The van der Waals surface area contributed by atoms with Crippen molar-refractivity contribution in [1.82, 2.24) is 14.5 Å². The lowest BCUT2D eigenvalue weighted by atomic mass is 9.82. The Morgan fingerprint density at radius 1 is 0.364 bits per heavy atom. The van der Waals surface area contributed by atoms with Crippen LogP contribution in [0.4, 0.5) is 0 Å². The van der Waals surface area contributed by atoms with E-state index in [9.17, 15) is 0 Å². The zero-order chi connectivity index (χ0) is 36.0. The molecule has 12 rings (SSSR count). The van der Waals surface area contributed by atoms with Gasteiger partial charge >= 0.3 is 0 Å². The van der Waals surface area contributed by atoms with Crippen LogP contribution in [0.3, 0.4) is 0 Å². The second-order valence-corrected chi connectivity index (χ2v) is 14.5. The zero-order valence-corrected chi connectivity index (χ0v) is 29.7. The number of rotatable bonds is 4. The second kappa shape index (κ2) is 11.6. The Morgan fingerprint density at radius 3 is 1.73 bits per heavy atom. The van der Waals surface area contributed by atoms with Crippen molar-refractivity contribution < 1.29 is 0 Å². The van der Waals surface area contributed by atoms with E-state index in [4.69, 9.17) is 0 Å². The topological polar surface area (TPSA) is 30.7 Å². The highest BCUT2D eigenvalue weighted by molar-refractivity contribution is 6.29. The normalized spacial score (nSPS) is 12.0. The molecule has 0 fully saturated rings. The van der Waals surface area contributed by atoms with E-state index in [2.05, 4.69) is 178 Å². The molecule has 0 N–H and O–H groups in total. The van der Waals surface area contributed by atoms with Gasteiger partial charge in [-0.05, 0) is 120 Å². The molecule has 0 aliphatic heterocycles. The SMILES string of the molecule is c1ccc(-c2c3c(c(-c4ccccc4)c4ccccc24)-c2ccc(-c4ccc(-n5c6ccncc6c6ccc7ncccc7c65)cc4)c4cccc-3c24)cc1. The number of hydrogen-bond acceptors (Lipinski definition) is 2. The summed E-state index contributed by atoms with van der Waals surface area (Å²) in [5, 5.41) is 8.57. The lowest BCUT2D eigenvalue weighted by molar-refractivity contribution is 1.18. The molecule has 3 heterocycles. The molecule has 0 bridgehead atoms. The summed E-state index contributed by atoms with van der Waals surface area (Å²) in [6.07, 6.45) is 5.72. The van der Waals surface area contributed by atoms with Crippen LogP contribution in [0.5, 0.6) is 0 Å². The van der Waals surface area contributed by atoms with E-state index >= 15 is 0 Å². The number of nitrogens with zero attached hydrogens (tertiary/aromatic N) is 3. The minimum Gasteiger partial charge on any atom is -0.308 e. The molecule has 0 saturated carbocycles. The van der Waals surface area contributed by atoms with Crippen LogP contribution in [0.15, 0.2) is 188 Å². The maximum atomic E-state index is 4.69. The van der Waals surface area contributed by atoms with Crippen molar-refractivity contribution in [3.05, 3.63) is 188 Å². The Bertz CT molecular complexity index is 3250. The molecular weight excluding hydrogens is 667 g/mol. The third-order valence-electron chi connectivity index (χ3n) is 11.7. The highest BCUT2D eigenvalue weighted by Gasteiger charge is 2.31. The molecule has 254 valence electrons. The van der Waals surface area contributed by atoms with Crippen LogP contribution in [0.2, 0.25) is 0 Å². The Balaban J connectivity index is 1.09. The maximum Gasteiger partial charge on any atom is 0.0723 e. The van der Waals surface area contributed by atoms with Gasteiger partial charge in [0, 0.05) is 40.4 Å². The molecule has 1 aliphatic rings. The van der Waals surface area contributed by atoms with Crippen molar-refractivity contribution in [3.8, 4) is 61.3 Å². The minimum atomic E-state index is 0.983. The zero-order valence-electron chi connectivity index (χ0n) is 29.7. The minimum absolute atomic E-state index is 0.983. The van der Waals surface area contributed by atoms with Gasteiger partial charge in [-0.25, -0.2) is 0 Å². The molecule has 3 heteroatoms. The average molecular weight is 698 g/mol. The summed E-state index contributed by atoms with van der Waals surface area (Å²) in [4.78, 5) is 9.18.